The Morgan fingerprint density at radius 2 is 1.93 bits per heavy atom. The molecule has 1 aliphatic rings. The summed E-state index contributed by atoms with van der Waals surface area (Å²) in [5.74, 6) is -0.600. The predicted molar refractivity (Wildman–Crippen MR) is 117 cm³/mol. The standard InChI is InChI=1S/C24H25N3O3/c1-16(28)27(15-24(29)30-2)14-17-4-3-5-18(12-17)19-6-9-22-21(13-19)23(10-11-25-22)26-20-7-8-20/h3-6,9-13,20H,7-8,14-15H2,1-2H3,(H,25,26). The third-order valence-corrected chi connectivity index (χ3v) is 5.31. The zero-order valence-corrected chi connectivity index (χ0v) is 17.2. The van der Waals surface area contributed by atoms with E-state index < -0.39 is 5.97 Å². The van der Waals surface area contributed by atoms with Gasteiger partial charge in [-0.2, -0.15) is 0 Å². The van der Waals surface area contributed by atoms with Crippen LogP contribution in [0.4, 0.5) is 5.69 Å². The highest BCUT2D eigenvalue weighted by atomic mass is 16.5. The number of nitrogens with one attached hydrogen (secondary N) is 1. The minimum absolute atomic E-state index is 0.0616. The smallest absolute Gasteiger partial charge is 0.325 e. The average molecular weight is 403 g/mol. The maximum Gasteiger partial charge on any atom is 0.325 e. The van der Waals surface area contributed by atoms with E-state index >= 15 is 0 Å². The molecule has 2 aromatic carbocycles. The Hall–Kier alpha value is -3.41. The second-order valence-electron chi connectivity index (χ2n) is 7.66. The van der Waals surface area contributed by atoms with Gasteiger partial charge in [0.25, 0.3) is 0 Å². The van der Waals surface area contributed by atoms with Crippen molar-refractivity contribution in [2.24, 2.45) is 0 Å². The molecule has 0 bridgehead atoms. The van der Waals surface area contributed by atoms with Gasteiger partial charge in [-0.25, -0.2) is 0 Å². The number of anilines is 1. The fourth-order valence-corrected chi connectivity index (χ4v) is 3.47. The van der Waals surface area contributed by atoms with Crippen molar-refractivity contribution in [3.05, 3.63) is 60.3 Å². The molecular weight excluding hydrogens is 378 g/mol. The molecule has 0 saturated heterocycles. The van der Waals surface area contributed by atoms with Crippen LogP contribution in [0, 0.1) is 0 Å². The van der Waals surface area contributed by atoms with E-state index in [9.17, 15) is 9.59 Å². The van der Waals surface area contributed by atoms with Crippen molar-refractivity contribution >= 4 is 28.5 Å². The van der Waals surface area contributed by atoms with E-state index in [0.717, 1.165) is 33.3 Å². The number of carbonyl (C=O) groups excluding carboxylic acids is 2. The molecule has 3 aromatic rings. The summed E-state index contributed by atoms with van der Waals surface area (Å²) in [5.41, 5.74) is 5.16. The Morgan fingerprint density at radius 1 is 1.13 bits per heavy atom. The molecule has 1 fully saturated rings. The summed E-state index contributed by atoms with van der Waals surface area (Å²) in [6.45, 7) is 1.74. The van der Waals surface area contributed by atoms with E-state index in [1.54, 1.807) is 0 Å². The van der Waals surface area contributed by atoms with Crippen LogP contribution >= 0.6 is 0 Å². The summed E-state index contributed by atoms with van der Waals surface area (Å²) in [6, 6.07) is 16.9. The molecule has 0 spiro atoms. The Labute approximate surface area is 175 Å². The number of benzene rings is 2. The fourth-order valence-electron chi connectivity index (χ4n) is 3.47. The lowest BCUT2D eigenvalue weighted by atomic mass is 10.0. The molecule has 1 heterocycles. The van der Waals surface area contributed by atoms with E-state index in [0.29, 0.717) is 12.6 Å². The first-order valence-corrected chi connectivity index (χ1v) is 10.1. The van der Waals surface area contributed by atoms with E-state index in [-0.39, 0.29) is 12.5 Å². The normalized spacial score (nSPS) is 13.1. The number of ether oxygens (including phenoxy) is 1. The van der Waals surface area contributed by atoms with Gasteiger partial charge in [0.2, 0.25) is 5.91 Å². The molecule has 6 heteroatoms. The first-order chi connectivity index (χ1) is 14.5. The van der Waals surface area contributed by atoms with Crippen LogP contribution in [0.1, 0.15) is 25.3 Å². The summed E-state index contributed by atoms with van der Waals surface area (Å²) in [6.07, 6.45) is 4.26. The van der Waals surface area contributed by atoms with Gasteiger partial charge in [-0.1, -0.05) is 24.3 Å². The minimum Gasteiger partial charge on any atom is -0.468 e. The second kappa shape index (κ2) is 8.53. The largest absolute Gasteiger partial charge is 0.468 e. The third-order valence-electron chi connectivity index (χ3n) is 5.31. The quantitative estimate of drug-likeness (QED) is 0.604. The van der Waals surface area contributed by atoms with Gasteiger partial charge in [0, 0.05) is 36.8 Å². The Morgan fingerprint density at radius 3 is 2.67 bits per heavy atom. The van der Waals surface area contributed by atoms with E-state index in [4.69, 9.17) is 4.74 Å². The number of carbonyl (C=O) groups is 2. The molecule has 1 aromatic heterocycles. The van der Waals surface area contributed by atoms with Crippen LogP contribution < -0.4 is 5.32 Å². The van der Waals surface area contributed by atoms with Crippen molar-refractivity contribution < 1.29 is 14.3 Å². The third kappa shape index (κ3) is 4.59. The van der Waals surface area contributed by atoms with Gasteiger partial charge in [-0.15, -0.1) is 0 Å². The summed E-state index contributed by atoms with van der Waals surface area (Å²) in [4.78, 5) is 29.5. The lowest BCUT2D eigenvalue weighted by Crippen LogP contribution is -2.34. The minimum atomic E-state index is -0.431. The van der Waals surface area contributed by atoms with Crippen LogP contribution in [0.5, 0.6) is 0 Å². The van der Waals surface area contributed by atoms with Crippen molar-refractivity contribution in [1.82, 2.24) is 9.88 Å². The number of hydrogen-bond acceptors (Lipinski definition) is 5. The van der Waals surface area contributed by atoms with Crippen LogP contribution in [-0.2, 0) is 20.9 Å². The molecule has 1 aliphatic carbocycles. The molecule has 4 rings (SSSR count). The van der Waals surface area contributed by atoms with Gasteiger partial charge in [-0.05, 0) is 53.8 Å². The number of methoxy groups -OCH3 is 1. The molecule has 1 N–H and O–H groups in total. The summed E-state index contributed by atoms with van der Waals surface area (Å²) in [5, 5.41) is 4.68. The first kappa shape index (κ1) is 19.9. The molecule has 30 heavy (non-hydrogen) atoms. The number of esters is 1. The van der Waals surface area contributed by atoms with Gasteiger partial charge < -0.3 is 15.0 Å². The topological polar surface area (TPSA) is 71.5 Å². The molecule has 154 valence electrons. The van der Waals surface area contributed by atoms with Crippen molar-refractivity contribution in [1.29, 1.82) is 0 Å². The number of fused-ring (bicyclic) bond motifs is 1. The lowest BCUT2D eigenvalue weighted by molar-refractivity contribution is -0.146. The molecule has 0 atom stereocenters. The SMILES string of the molecule is COC(=O)CN(Cc1cccc(-c2ccc3nccc(NC4CC4)c3c2)c1)C(C)=O. The number of aromatic nitrogens is 1. The van der Waals surface area contributed by atoms with Crippen LogP contribution in [0.25, 0.3) is 22.0 Å². The van der Waals surface area contributed by atoms with E-state index in [2.05, 4.69) is 28.5 Å². The van der Waals surface area contributed by atoms with Crippen LogP contribution in [0.15, 0.2) is 54.7 Å². The second-order valence-corrected chi connectivity index (χ2v) is 7.66. The molecule has 0 radical (unpaired) electrons. The summed E-state index contributed by atoms with van der Waals surface area (Å²) < 4.78 is 4.70. The van der Waals surface area contributed by atoms with Gasteiger partial charge >= 0.3 is 5.97 Å². The molecule has 6 nitrogen and oxygen atoms in total. The lowest BCUT2D eigenvalue weighted by Gasteiger charge is -2.20. The maximum atomic E-state index is 11.9. The zero-order chi connectivity index (χ0) is 21.1. The maximum absolute atomic E-state index is 11.9. The Balaban J connectivity index is 1.62. The highest BCUT2D eigenvalue weighted by Crippen LogP contribution is 2.32. The highest BCUT2D eigenvalue weighted by Gasteiger charge is 2.21. The highest BCUT2D eigenvalue weighted by molar-refractivity contribution is 5.94. The van der Waals surface area contributed by atoms with Crippen molar-refractivity contribution in [3.8, 4) is 11.1 Å². The fraction of sp³-hybridized carbons (Fsp3) is 0.292. The van der Waals surface area contributed by atoms with Crippen LogP contribution in [0.3, 0.4) is 0 Å². The number of hydrogen-bond donors (Lipinski definition) is 1. The number of pyridine rings is 1. The zero-order valence-electron chi connectivity index (χ0n) is 17.2. The van der Waals surface area contributed by atoms with Gasteiger partial charge in [0.1, 0.15) is 6.54 Å². The summed E-state index contributed by atoms with van der Waals surface area (Å²) >= 11 is 0. The predicted octanol–water partition coefficient (Wildman–Crippen LogP) is 4.00. The average Bonchev–Trinajstić information content (AvgIpc) is 3.57. The monoisotopic (exact) mass is 403 g/mol. The Bertz CT molecular complexity index is 1090. The number of nitrogens with zero attached hydrogens (tertiary/aromatic N) is 2. The summed E-state index contributed by atoms with van der Waals surface area (Å²) in [7, 11) is 1.32. The van der Waals surface area contributed by atoms with Gasteiger partial charge in [-0.3, -0.25) is 14.6 Å². The molecule has 1 amide bonds. The van der Waals surface area contributed by atoms with Crippen molar-refractivity contribution in [3.63, 3.8) is 0 Å². The van der Waals surface area contributed by atoms with Crippen LogP contribution in [-0.4, -0.2) is 41.5 Å². The van der Waals surface area contributed by atoms with Gasteiger partial charge in [0.05, 0.1) is 12.6 Å². The van der Waals surface area contributed by atoms with Gasteiger partial charge in [0.15, 0.2) is 0 Å². The molecular formula is C24H25N3O3. The Kier molecular flexibility index (Phi) is 5.65. The first-order valence-electron chi connectivity index (χ1n) is 10.1. The molecule has 1 saturated carbocycles. The molecule has 0 unspecified atom stereocenters. The van der Waals surface area contributed by atoms with E-state index in [1.165, 1.54) is 31.8 Å². The number of amides is 1. The van der Waals surface area contributed by atoms with Crippen molar-refractivity contribution in [2.45, 2.75) is 32.4 Å². The number of rotatable bonds is 7. The van der Waals surface area contributed by atoms with Crippen LogP contribution in [0.2, 0.25) is 0 Å². The van der Waals surface area contributed by atoms with Crippen molar-refractivity contribution in [2.75, 3.05) is 19.0 Å². The molecule has 0 aliphatic heterocycles. The van der Waals surface area contributed by atoms with E-state index in [1.807, 2.05) is 36.5 Å².